The van der Waals surface area contributed by atoms with Gasteiger partial charge in [-0.15, -0.1) is 0 Å². The molecule has 1 spiro atoms. The molecular formula is C21H29N3O2S. The zero-order valence-corrected chi connectivity index (χ0v) is 17.3. The van der Waals surface area contributed by atoms with E-state index in [1.54, 1.807) is 18.3 Å². The van der Waals surface area contributed by atoms with E-state index in [4.69, 9.17) is 4.52 Å². The SMILES string of the molecule is CCc1noc(C)c1CN1CCC2(CC1)CC2N(Cc1ccsc1)C(C)=O. The van der Waals surface area contributed by atoms with E-state index in [2.05, 4.69) is 38.7 Å². The lowest BCUT2D eigenvalue weighted by Crippen LogP contribution is -2.39. The number of amides is 1. The molecule has 1 aliphatic carbocycles. The second-order valence-electron chi connectivity index (χ2n) is 8.15. The Morgan fingerprint density at radius 1 is 1.44 bits per heavy atom. The summed E-state index contributed by atoms with van der Waals surface area (Å²) in [6.45, 7) is 9.74. The van der Waals surface area contributed by atoms with Gasteiger partial charge in [-0.25, -0.2) is 0 Å². The summed E-state index contributed by atoms with van der Waals surface area (Å²) in [6, 6.07) is 2.55. The van der Waals surface area contributed by atoms with Crippen molar-refractivity contribution in [2.75, 3.05) is 13.1 Å². The zero-order valence-electron chi connectivity index (χ0n) is 16.5. The van der Waals surface area contributed by atoms with Crippen LogP contribution in [0.5, 0.6) is 0 Å². The Morgan fingerprint density at radius 3 is 2.85 bits per heavy atom. The molecule has 1 atom stereocenters. The van der Waals surface area contributed by atoms with Crippen LogP contribution in [-0.4, -0.2) is 40.0 Å². The summed E-state index contributed by atoms with van der Waals surface area (Å²) in [5.41, 5.74) is 3.96. The number of aryl methyl sites for hydroxylation is 2. The van der Waals surface area contributed by atoms with Gasteiger partial charge < -0.3 is 9.42 Å². The van der Waals surface area contributed by atoms with Crippen LogP contribution in [0.2, 0.25) is 0 Å². The Hall–Kier alpha value is -1.66. The predicted molar refractivity (Wildman–Crippen MR) is 107 cm³/mol. The van der Waals surface area contributed by atoms with Crippen molar-refractivity contribution < 1.29 is 9.32 Å². The highest BCUT2D eigenvalue weighted by molar-refractivity contribution is 7.07. The van der Waals surface area contributed by atoms with Crippen molar-refractivity contribution in [3.8, 4) is 0 Å². The van der Waals surface area contributed by atoms with Crippen molar-refractivity contribution in [2.45, 2.75) is 65.6 Å². The van der Waals surface area contributed by atoms with E-state index in [0.717, 1.165) is 50.5 Å². The van der Waals surface area contributed by atoms with Crippen LogP contribution in [-0.2, 0) is 24.3 Å². The summed E-state index contributed by atoms with van der Waals surface area (Å²) in [5.74, 6) is 1.16. The van der Waals surface area contributed by atoms with Crippen LogP contribution in [0.15, 0.2) is 21.3 Å². The summed E-state index contributed by atoms with van der Waals surface area (Å²) >= 11 is 1.70. The summed E-state index contributed by atoms with van der Waals surface area (Å²) in [7, 11) is 0. The van der Waals surface area contributed by atoms with Gasteiger partial charge in [-0.1, -0.05) is 12.1 Å². The highest BCUT2D eigenvalue weighted by Gasteiger charge is 2.58. The zero-order chi connectivity index (χ0) is 19.0. The third kappa shape index (κ3) is 3.69. The maximum absolute atomic E-state index is 12.3. The van der Waals surface area contributed by atoms with Crippen LogP contribution >= 0.6 is 11.3 Å². The fourth-order valence-corrected chi connectivity index (χ4v) is 5.28. The number of hydrogen-bond donors (Lipinski definition) is 0. The van der Waals surface area contributed by atoms with Gasteiger partial charge in [-0.2, -0.15) is 11.3 Å². The van der Waals surface area contributed by atoms with Crippen LogP contribution < -0.4 is 0 Å². The van der Waals surface area contributed by atoms with Gasteiger partial charge in [-0.3, -0.25) is 9.69 Å². The highest BCUT2D eigenvalue weighted by Crippen LogP contribution is 2.57. The number of rotatable bonds is 6. The Kier molecular flexibility index (Phi) is 5.12. The van der Waals surface area contributed by atoms with E-state index in [0.29, 0.717) is 11.5 Å². The molecule has 27 heavy (non-hydrogen) atoms. The molecule has 146 valence electrons. The maximum atomic E-state index is 12.3. The minimum absolute atomic E-state index is 0.207. The second kappa shape index (κ2) is 7.40. The first kappa shape index (κ1) is 18.7. The van der Waals surface area contributed by atoms with Crippen molar-refractivity contribution in [1.82, 2.24) is 15.0 Å². The molecule has 4 rings (SSSR count). The Morgan fingerprint density at radius 2 is 2.22 bits per heavy atom. The molecule has 2 aromatic heterocycles. The first-order valence-corrected chi connectivity index (χ1v) is 10.9. The number of piperidine rings is 1. The van der Waals surface area contributed by atoms with E-state index in [-0.39, 0.29) is 5.91 Å². The van der Waals surface area contributed by atoms with Gasteiger partial charge in [-0.05, 0) is 73.5 Å². The van der Waals surface area contributed by atoms with Crippen molar-refractivity contribution >= 4 is 17.2 Å². The van der Waals surface area contributed by atoms with Gasteiger partial charge in [0.2, 0.25) is 5.91 Å². The molecule has 0 radical (unpaired) electrons. The summed E-state index contributed by atoms with van der Waals surface area (Å²) in [4.78, 5) is 16.9. The van der Waals surface area contributed by atoms with Crippen LogP contribution in [0.1, 0.15) is 55.7 Å². The van der Waals surface area contributed by atoms with Gasteiger partial charge in [0.05, 0.1) is 5.69 Å². The van der Waals surface area contributed by atoms with Gasteiger partial charge in [0.25, 0.3) is 0 Å². The molecule has 0 bridgehead atoms. The van der Waals surface area contributed by atoms with E-state index in [1.165, 1.54) is 24.0 Å². The molecule has 1 saturated carbocycles. The quantitative estimate of drug-likeness (QED) is 0.751. The number of aromatic nitrogens is 1. The van der Waals surface area contributed by atoms with Crippen molar-refractivity contribution in [3.63, 3.8) is 0 Å². The Labute approximate surface area is 165 Å². The molecule has 0 N–H and O–H groups in total. The minimum atomic E-state index is 0.207. The lowest BCUT2D eigenvalue weighted by molar-refractivity contribution is -0.130. The molecule has 2 aliphatic rings. The lowest BCUT2D eigenvalue weighted by atomic mass is 9.91. The highest BCUT2D eigenvalue weighted by atomic mass is 32.1. The third-order valence-electron chi connectivity index (χ3n) is 6.49. The maximum Gasteiger partial charge on any atom is 0.220 e. The Balaban J connectivity index is 1.36. The predicted octanol–water partition coefficient (Wildman–Crippen LogP) is 4.01. The molecular weight excluding hydrogens is 358 g/mol. The normalized spacial score (nSPS) is 21.5. The van der Waals surface area contributed by atoms with Gasteiger partial charge in [0.15, 0.2) is 0 Å². The summed E-state index contributed by atoms with van der Waals surface area (Å²) in [6.07, 6.45) is 4.44. The molecule has 6 heteroatoms. The number of hydrogen-bond acceptors (Lipinski definition) is 5. The topological polar surface area (TPSA) is 49.6 Å². The molecule has 1 aliphatic heterocycles. The third-order valence-corrected chi connectivity index (χ3v) is 7.23. The van der Waals surface area contributed by atoms with E-state index in [9.17, 15) is 4.79 Å². The first-order chi connectivity index (χ1) is 13.0. The smallest absolute Gasteiger partial charge is 0.220 e. The summed E-state index contributed by atoms with van der Waals surface area (Å²) < 4.78 is 5.39. The lowest BCUT2D eigenvalue weighted by Gasteiger charge is -2.34. The van der Waals surface area contributed by atoms with E-state index in [1.807, 2.05) is 6.92 Å². The number of carbonyl (C=O) groups excluding carboxylic acids is 1. The molecule has 1 unspecified atom stereocenters. The Bertz CT molecular complexity index is 790. The fraction of sp³-hybridized carbons (Fsp3) is 0.619. The standard InChI is InChI=1S/C21H29N3O2S/c1-4-19-18(15(2)26-22-19)13-23-8-6-21(7-9-23)11-20(21)24(16(3)25)12-17-5-10-27-14-17/h5,10,14,20H,4,6-9,11-13H2,1-3H3. The van der Waals surface area contributed by atoms with Gasteiger partial charge >= 0.3 is 0 Å². The fourth-order valence-electron chi connectivity index (χ4n) is 4.62. The minimum Gasteiger partial charge on any atom is -0.361 e. The average Bonchev–Trinajstić information content (AvgIpc) is 2.99. The number of nitrogens with zero attached hydrogens (tertiary/aromatic N) is 3. The second-order valence-corrected chi connectivity index (χ2v) is 8.93. The molecule has 1 amide bonds. The number of carbonyl (C=O) groups is 1. The average molecular weight is 388 g/mol. The molecule has 0 aromatic carbocycles. The van der Waals surface area contributed by atoms with Crippen LogP contribution in [0, 0.1) is 12.3 Å². The van der Waals surface area contributed by atoms with Crippen molar-refractivity contribution in [1.29, 1.82) is 0 Å². The first-order valence-electron chi connectivity index (χ1n) is 9.97. The molecule has 3 heterocycles. The monoisotopic (exact) mass is 387 g/mol. The largest absolute Gasteiger partial charge is 0.361 e. The van der Waals surface area contributed by atoms with Gasteiger partial charge in [0.1, 0.15) is 5.76 Å². The van der Waals surface area contributed by atoms with Gasteiger partial charge in [0, 0.05) is 31.6 Å². The summed E-state index contributed by atoms with van der Waals surface area (Å²) in [5, 5.41) is 8.43. The molecule has 5 nitrogen and oxygen atoms in total. The molecule has 2 fully saturated rings. The van der Waals surface area contributed by atoms with Crippen molar-refractivity contribution in [2.24, 2.45) is 5.41 Å². The number of thiophene rings is 1. The molecule has 1 saturated heterocycles. The van der Waals surface area contributed by atoms with Crippen molar-refractivity contribution in [3.05, 3.63) is 39.4 Å². The van der Waals surface area contributed by atoms with E-state index >= 15 is 0 Å². The van der Waals surface area contributed by atoms with Crippen LogP contribution in [0.4, 0.5) is 0 Å². The number of likely N-dealkylation sites (tertiary alicyclic amines) is 1. The van der Waals surface area contributed by atoms with E-state index < -0.39 is 0 Å². The van der Waals surface area contributed by atoms with Crippen LogP contribution in [0.25, 0.3) is 0 Å². The van der Waals surface area contributed by atoms with Crippen LogP contribution in [0.3, 0.4) is 0 Å². The molecule has 2 aromatic rings.